The van der Waals surface area contributed by atoms with E-state index < -0.39 is 93.8 Å². The Morgan fingerprint density at radius 1 is 0.366 bits per heavy atom. The molecule has 0 spiro atoms. The Bertz CT molecular complexity index is 5860. The summed E-state index contributed by atoms with van der Waals surface area (Å²) >= 11 is 6.19. The van der Waals surface area contributed by atoms with Crippen LogP contribution in [-0.2, 0) is 45.0 Å². The van der Waals surface area contributed by atoms with Crippen LogP contribution in [0.15, 0.2) is 252 Å². The summed E-state index contributed by atoms with van der Waals surface area (Å²) in [7, 11) is -13.3. The van der Waals surface area contributed by atoms with Crippen molar-refractivity contribution in [2.24, 2.45) is 92.7 Å². The summed E-state index contributed by atoms with van der Waals surface area (Å²) in [5.41, 5.74) is 16.1. The SMILES string of the molecule is C=C1/C(=C\C=C2/CCC[C@]3(C)[C@@H]([C@H](C)CCS(=O)(=O)c4ccc(C(C)(O)CC)cc4)CC[C@@H]23)C[C@@H](O)C[C@@H]1O.C=C1/C(=C\C=C2/CCC[C@]3(C)[C@@H]([C@H](C)CCS(=O)(=O)c4ccc(C)c(Cl)c4)CC[C@@H]23)C[C@@H](O)C[C@@H]1O.C=C1/C(=C\C=C2/CCC[C@]3(C)[C@@H]([C@H](C)CCS(=O)(=O)c4ccc(C)cc4)CC[C@@H]23)C[C@@H](O)C[C@@H]1O.C=C1/C(=C\C=C2/CCC[C@]3(C)[C@@H]([C@H](C)CCS(=O)(=O)c4ccc(C)cc4)CC[C@@H]23)C[C@@H](O)C[C@@H]1O. The van der Waals surface area contributed by atoms with E-state index in [4.69, 9.17) is 11.6 Å². The second-order valence-electron chi connectivity index (χ2n) is 47.7. The number of aliphatic hydroxyl groups excluding tert-OH is 8. The molecule has 0 saturated heterocycles. The maximum atomic E-state index is 13.2. The first-order valence-corrected chi connectivity index (χ1v) is 61.6. The number of allylic oxidation sites excluding steroid dienone is 12. The van der Waals surface area contributed by atoms with E-state index >= 15 is 0 Å². The van der Waals surface area contributed by atoms with Crippen molar-refractivity contribution >= 4 is 50.9 Å². The van der Waals surface area contributed by atoms with Gasteiger partial charge in [-0.05, 0) is 411 Å². The van der Waals surface area contributed by atoms with Gasteiger partial charge in [0.15, 0.2) is 39.3 Å². The Hall–Kier alpha value is -6.51. The minimum absolute atomic E-state index is 0.135. The molecule has 4 aromatic carbocycles. The van der Waals surface area contributed by atoms with E-state index in [1.54, 1.807) is 73.7 Å². The van der Waals surface area contributed by atoms with E-state index in [0.29, 0.717) is 179 Å². The highest BCUT2D eigenvalue weighted by Gasteiger charge is 2.56. The van der Waals surface area contributed by atoms with Gasteiger partial charge >= 0.3 is 0 Å². The molecule has 0 amide bonds. The molecule has 12 aliphatic carbocycles. The maximum Gasteiger partial charge on any atom is 0.178 e. The number of benzene rings is 4. The zero-order chi connectivity index (χ0) is 106. The van der Waals surface area contributed by atoms with Gasteiger partial charge in [0.2, 0.25) is 0 Å². The molecule has 0 bridgehead atoms. The van der Waals surface area contributed by atoms with E-state index in [-0.39, 0.29) is 44.7 Å². The second-order valence-corrected chi connectivity index (χ2v) is 56.5. The molecule has 1 unspecified atom stereocenters. The number of fused-ring (bicyclic) bond motifs is 4. The van der Waals surface area contributed by atoms with E-state index in [2.05, 4.69) is 130 Å². The number of aliphatic hydroxyl groups is 9. The molecule has 25 atom stereocenters. The smallest absolute Gasteiger partial charge is 0.178 e. The number of rotatable bonds is 26. The minimum atomic E-state index is -3.40. The van der Waals surface area contributed by atoms with Crippen molar-refractivity contribution in [1.82, 2.24) is 0 Å². The molecular formula is C123H173ClO17S4. The Morgan fingerprint density at radius 2 is 0.600 bits per heavy atom. The number of aryl methyl sites for hydroxylation is 3. The van der Waals surface area contributed by atoms with Gasteiger partial charge in [-0.25, -0.2) is 33.7 Å². The first-order chi connectivity index (χ1) is 68.2. The third-order valence-corrected chi connectivity index (χ3v) is 45.6. The lowest BCUT2D eigenvalue weighted by atomic mass is 9.61. The average Bonchev–Trinajstić information content (AvgIpc) is 1.61. The van der Waals surface area contributed by atoms with Crippen LogP contribution in [0.4, 0.5) is 0 Å². The van der Waals surface area contributed by atoms with E-state index in [9.17, 15) is 79.6 Å². The van der Waals surface area contributed by atoms with Crippen LogP contribution in [-0.4, -0.2) is 151 Å². The van der Waals surface area contributed by atoms with Gasteiger partial charge in [0.05, 0.1) is 97.0 Å². The molecule has 12 aliphatic rings. The molecule has 16 rings (SSSR count). The lowest BCUT2D eigenvalue weighted by Crippen LogP contribution is -2.36. The number of hydrogen-bond acceptors (Lipinski definition) is 17. The molecule has 0 aromatic heterocycles. The van der Waals surface area contributed by atoms with Gasteiger partial charge in [-0.1, -0.05) is 225 Å². The van der Waals surface area contributed by atoms with Gasteiger partial charge in [-0.3, -0.25) is 0 Å². The fraction of sp³-hybridized carbons (Fsp3) is 0.610. The molecule has 145 heavy (non-hydrogen) atoms. The van der Waals surface area contributed by atoms with Crippen molar-refractivity contribution in [2.75, 3.05) is 23.0 Å². The van der Waals surface area contributed by atoms with Gasteiger partial charge in [-0.2, -0.15) is 0 Å². The van der Waals surface area contributed by atoms with Crippen molar-refractivity contribution in [1.29, 1.82) is 0 Å². The number of sulfone groups is 4. The zero-order valence-corrected chi connectivity index (χ0v) is 93.1. The molecule has 12 fully saturated rings. The zero-order valence-electron chi connectivity index (χ0n) is 89.1. The fourth-order valence-electron chi connectivity index (χ4n) is 28.8. The predicted octanol–water partition coefficient (Wildman–Crippen LogP) is 24.7. The lowest BCUT2D eigenvalue weighted by Gasteiger charge is -2.44. The van der Waals surface area contributed by atoms with E-state index in [1.807, 2.05) is 52.0 Å². The lowest BCUT2D eigenvalue weighted by molar-refractivity contribution is 0.0530. The third-order valence-electron chi connectivity index (χ3n) is 38.1. The summed E-state index contributed by atoms with van der Waals surface area (Å²) in [6, 6.07) is 26.2. The van der Waals surface area contributed by atoms with E-state index in [1.165, 1.54) is 41.6 Å². The van der Waals surface area contributed by atoms with Crippen LogP contribution in [0.1, 0.15) is 303 Å². The van der Waals surface area contributed by atoms with Crippen LogP contribution in [0.2, 0.25) is 5.02 Å². The largest absolute Gasteiger partial charge is 0.393 e. The van der Waals surface area contributed by atoms with Gasteiger partial charge in [-0.15, -0.1) is 0 Å². The van der Waals surface area contributed by atoms with E-state index in [0.717, 1.165) is 176 Å². The normalized spacial score (nSPS) is 34.5. The van der Waals surface area contributed by atoms with Gasteiger partial charge in [0.1, 0.15) is 0 Å². The Balaban J connectivity index is 0.000000162. The number of hydrogen-bond donors (Lipinski definition) is 9. The molecule has 0 aliphatic heterocycles. The minimum Gasteiger partial charge on any atom is -0.393 e. The molecular weight excluding hydrogens is 1910 g/mol. The van der Waals surface area contributed by atoms with Crippen LogP contribution in [0.3, 0.4) is 0 Å². The van der Waals surface area contributed by atoms with Crippen molar-refractivity contribution in [3.05, 3.63) is 260 Å². The fourth-order valence-corrected chi connectivity index (χ4v) is 35.0. The first-order valence-electron chi connectivity index (χ1n) is 54.7. The monoisotopic (exact) mass is 2090 g/mol. The third kappa shape index (κ3) is 27.0. The van der Waals surface area contributed by atoms with Crippen LogP contribution in [0.5, 0.6) is 0 Å². The van der Waals surface area contributed by atoms with Crippen molar-refractivity contribution in [3.8, 4) is 0 Å². The van der Waals surface area contributed by atoms with Crippen LogP contribution >= 0.6 is 11.6 Å². The molecule has 9 N–H and O–H groups in total. The van der Waals surface area contributed by atoms with Crippen molar-refractivity contribution < 1.29 is 79.6 Å². The molecule has 798 valence electrons. The maximum absolute atomic E-state index is 13.2. The van der Waals surface area contributed by atoms with Gasteiger partial charge in [0.25, 0.3) is 0 Å². The summed E-state index contributed by atoms with van der Waals surface area (Å²) in [6.45, 7) is 44.3. The van der Waals surface area contributed by atoms with Crippen LogP contribution in [0.25, 0.3) is 0 Å². The van der Waals surface area contributed by atoms with Crippen LogP contribution in [0, 0.1) is 113 Å². The van der Waals surface area contributed by atoms with Crippen molar-refractivity contribution in [2.45, 2.75) is 376 Å². The summed E-state index contributed by atoms with van der Waals surface area (Å²) < 4.78 is 104. The standard InChI is InChI=1S/C33H48O5S.C30H41ClO4S.2C30H42O4S/c1-6-33(5,36)26-11-13-28(14-12-26)39(37,38)19-17-22(2)29-15-16-30-24(8-7-18-32(29,30)4)9-10-25-20-27(34)21-31(35)23(25)3;1-19(13-15-36(34,35)25-10-7-20(2)28(31)18-25)26-11-12-27-22(6-5-14-30(26,27)4)8-9-23-16-24(32)17-29(33)21(23)3;2*1-20-7-11-26(12-8-20)35(33,34)17-15-21(2)27-13-14-28-23(6-5-16-30(27,28)4)9-10-24-18-25(31)19-29(32)22(24)3/h9-14,22,27,29-31,34-36H,3,6-8,15-21H2,1-2,4-5H3;7-10,18-19,24,26-27,29,32-33H,3,5-6,11-17H2,1-2,4H3;2*7-12,21,25,27-29,31-32H,3,5-6,13-19H2,1-2,4H3/b24-9+,25-10-;22-8+,23-9-;2*23-9+,24-10-/t22-,27-,29-,30+,31+,32-,33?;19-,24-,26-,27+,29+,30-;2*21-,25-,27-,28+,29+,30-/m1111/s1. The molecule has 0 heterocycles. The molecule has 4 aromatic rings. The summed E-state index contributed by atoms with van der Waals surface area (Å²) in [5, 5.41) is 92.0. The Labute approximate surface area is 875 Å². The highest BCUT2D eigenvalue weighted by molar-refractivity contribution is 7.92. The first kappa shape index (κ1) is 116. The Kier molecular flexibility index (Phi) is 38.4. The average molecular weight is 2090 g/mol. The van der Waals surface area contributed by atoms with Gasteiger partial charge in [0, 0.05) is 30.7 Å². The van der Waals surface area contributed by atoms with Crippen LogP contribution < -0.4 is 0 Å². The highest BCUT2D eigenvalue weighted by atomic mass is 35.5. The summed E-state index contributed by atoms with van der Waals surface area (Å²) in [5.74, 6) is 6.03. The van der Waals surface area contributed by atoms with Crippen molar-refractivity contribution in [3.63, 3.8) is 0 Å². The molecule has 22 heteroatoms. The predicted molar refractivity (Wildman–Crippen MR) is 587 cm³/mol. The highest BCUT2D eigenvalue weighted by Crippen LogP contribution is 2.65. The quantitative estimate of drug-likeness (QED) is 0.0282. The molecule has 17 nitrogen and oxygen atoms in total. The number of halogens is 1. The van der Waals surface area contributed by atoms with Gasteiger partial charge < -0.3 is 46.0 Å². The summed E-state index contributed by atoms with van der Waals surface area (Å²) in [4.78, 5) is 1.51. The molecule has 12 saturated carbocycles. The summed E-state index contributed by atoms with van der Waals surface area (Å²) in [6.07, 6.45) is 42.1. The Morgan fingerprint density at radius 3 is 0.841 bits per heavy atom. The second kappa shape index (κ2) is 48.2. The topological polar surface area (TPSA) is 319 Å². The molecule has 0 radical (unpaired) electrons.